The molecule has 0 amide bonds. The van der Waals surface area contributed by atoms with Crippen molar-refractivity contribution in [3.8, 4) is 0 Å². The van der Waals surface area contributed by atoms with Crippen LogP contribution < -0.4 is 4.90 Å². The van der Waals surface area contributed by atoms with Crippen molar-refractivity contribution in [3.05, 3.63) is 29.8 Å². The van der Waals surface area contributed by atoms with Gasteiger partial charge in [-0.1, -0.05) is 18.2 Å². The highest BCUT2D eigenvalue weighted by Crippen LogP contribution is 2.31. The molecule has 0 bridgehead atoms. The minimum absolute atomic E-state index is 0.368. The van der Waals surface area contributed by atoms with Crippen LogP contribution in [0.1, 0.15) is 5.56 Å². The third-order valence-corrected chi connectivity index (χ3v) is 2.75. The quantitative estimate of drug-likeness (QED) is 0.575. The highest BCUT2D eigenvalue weighted by Gasteiger charge is 2.21. The van der Waals surface area contributed by atoms with Crippen molar-refractivity contribution in [2.24, 2.45) is 0 Å². The lowest BCUT2D eigenvalue weighted by Crippen LogP contribution is -2.21. The Kier molecular flexibility index (Phi) is 1.57. The molecule has 1 aliphatic rings. The van der Waals surface area contributed by atoms with Crippen molar-refractivity contribution in [3.63, 3.8) is 0 Å². The number of para-hydroxylation sites is 1. The summed E-state index contributed by atoms with van der Waals surface area (Å²) in [5.41, 5.74) is 2.74. The second-order valence-electron chi connectivity index (χ2n) is 2.92. The molecule has 11 heavy (non-hydrogen) atoms. The van der Waals surface area contributed by atoms with Gasteiger partial charge in [-0.25, -0.2) is 0 Å². The van der Waals surface area contributed by atoms with E-state index in [-0.39, 0.29) is 0 Å². The lowest BCUT2D eigenvalue weighted by Gasteiger charge is -2.16. The molecule has 2 heteroatoms. The second kappa shape index (κ2) is 2.45. The predicted octanol–water partition coefficient (Wildman–Crippen LogP) is 1.93. The lowest BCUT2D eigenvalue weighted by molar-refractivity contribution is 0.898. The zero-order chi connectivity index (χ0) is 7.84. The van der Waals surface area contributed by atoms with Gasteiger partial charge in [-0.2, -0.15) is 12.6 Å². The van der Waals surface area contributed by atoms with E-state index in [1.807, 2.05) is 0 Å². The van der Waals surface area contributed by atoms with E-state index in [9.17, 15) is 0 Å². The summed E-state index contributed by atoms with van der Waals surface area (Å²) in [4.78, 5) is 2.21. The average molecular weight is 165 g/mol. The molecule has 1 aromatic carbocycles. The fourth-order valence-corrected chi connectivity index (χ4v) is 1.84. The second-order valence-corrected chi connectivity index (χ2v) is 3.52. The third kappa shape index (κ3) is 1.02. The normalized spacial score (nSPS) is 22.0. The number of fused-ring (bicyclic) bond motifs is 1. The number of rotatable bonds is 0. The van der Waals surface area contributed by atoms with Crippen LogP contribution in [0.3, 0.4) is 0 Å². The van der Waals surface area contributed by atoms with Gasteiger partial charge in [0.1, 0.15) is 0 Å². The summed E-state index contributed by atoms with van der Waals surface area (Å²) in [7, 11) is 2.09. The molecule has 0 aliphatic carbocycles. The average Bonchev–Trinajstić information content (AvgIpc) is 2.30. The molecule has 0 saturated carbocycles. The molecule has 1 atom stereocenters. The van der Waals surface area contributed by atoms with Crippen LogP contribution in [0.4, 0.5) is 5.69 Å². The number of anilines is 1. The summed E-state index contributed by atoms with van der Waals surface area (Å²) in [6.07, 6.45) is 1.07. The van der Waals surface area contributed by atoms with Crippen molar-refractivity contribution in [2.45, 2.75) is 11.8 Å². The van der Waals surface area contributed by atoms with Gasteiger partial charge in [0, 0.05) is 19.2 Å². The first-order chi connectivity index (χ1) is 5.29. The molecule has 1 heterocycles. The van der Waals surface area contributed by atoms with E-state index in [1.165, 1.54) is 11.3 Å². The zero-order valence-electron chi connectivity index (χ0n) is 6.49. The highest BCUT2D eigenvalue weighted by molar-refractivity contribution is 7.81. The Morgan fingerprint density at radius 3 is 2.91 bits per heavy atom. The number of likely N-dealkylation sites (N-methyl/N-ethyl adjacent to an activating group) is 1. The van der Waals surface area contributed by atoms with Crippen LogP contribution in [0, 0.1) is 0 Å². The first kappa shape index (κ1) is 7.04. The number of hydrogen-bond acceptors (Lipinski definition) is 2. The van der Waals surface area contributed by atoms with E-state index in [1.54, 1.807) is 0 Å². The number of nitrogens with zero attached hydrogens (tertiary/aromatic N) is 1. The third-order valence-electron chi connectivity index (χ3n) is 2.22. The van der Waals surface area contributed by atoms with Crippen molar-refractivity contribution in [1.82, 2.24) is 0 Å². The van der Waals surface area contributed by atoms with E-state index in [2.05, 4.69) is 48.8 Å². The Bertz CT molecular complexity index is 272. The minimum Gasteiger partial charge on any atom is -0.362 e. The van der Waals surface area contributed by atoms with E-state index in [4.69, 9.17) is 0 Å². The van der Waals surface area contributed by atoms with Crippen LogP contribution in [0.15, 0.2) is 24.3 Å². The Labute approximate surface area is 72.4 Å². The van der Waals surface area contributed by atoms with E-state index in [0.717, 1.165) is 6.42 Å². The summed E-state index contributed by atoms with van der Waals surface area (Å²) in [6, 6.07) is 8.47. The summed E-state index contributed by atoms with van der Waals surface area (Å²) < 4.78 is 0. The topological polar surface area (TPSA) is 3.24 Å². The van der Waals surface area contributed by atoms with Crippen LogP contribution >= 0.6 is 12.6 Å². The van der Waals surface area contributed by atoms with Gasteiger partial charge in [-0.3, -0.25) is 0 Å². The fraction of sp³-hybridized carbons (Fsp3) is 0.333. The Morgan fingerprint density at radius 2 is 2.18 bits per heavy atom. The molecule has 0 radical (unpaired) electrons. The van der Waals surface area contributed by atoms with Crippen molar-refractivity contribution in [1.29, 1.82) is 0 Å². The first-order valence-electron chi connectivity index (χ1n) is 3.78. The molecule has 0 aromatic heterocycles. The molecule has 58 valence electrons. The maximum Gasteiger partial charge on any atom is 0.0759 e. The maximum atomic E-state index is 4.46. The lowest BCUT2D eigenvalue weighted by atomic mass is 10.2. The molecule has 1 nitrogen and oxygen atoms in total. The molecule has 1 aliphatic heterocycles. The molecule has 0 fully saturated rings. The number of thiol groups is 1. The van der Waals surface area contributed by atoms with Crippen LogP contribution in [0.25, 0.3) is 0 Å². The first-order valence-corrected chi connectivity index (χ1v) is 4.29. The van der Waals surface area contributed by atoms with Gasteiger partial charge >= 0.3 is 0 Å². The summed E-state index contributed by atoms with van der Waals surface area (Å²) in [5.74, 6) is 0. The zero-order valence-corrected chi connectivity index (χ0v) is 7.38. The Morgan fingerprint density at radius 1 is 1.45 bits per heavy atom. The van der Waals surface area contributed by atoms with Gasteiger partial charge in [0.25, 0.3) is 0 Å². The molecular weight excluding hydrogens is 154 g/mol. The van der Waals surface area contributed by atoms with Gasteiger partial charge < -0.3 is 4.90 Å². The molecule has 0 spiro atoms. The summed E-state index contributed by atoms with van der Waals surface area (Å²) in [5, 5.41) is 0.368. The Hall–Kier alpha value is -0.630. The molecule has 0 saturated heterocycles. The SMILES string of the molecule is CN1c2ccccc2CC1S. The maximum absolute atomic E-state index is 4.46. The smallest absolute Gasteiger partial charge is 0.0759 e. The summed E-state index contributed by atoms with van der Waals surface area (Å²) in [6.45, 7) is 0. The van der Waals surface area contributed by atoms with Crippen LogP contribution in [0.2, 0.25) is 0 Å². The van der Waals surface area contributed by atoms with Crippen LogP contribution in [-0.2, 0) is 6.42 Å². The summed E-state index contributed by atoms with van der Waals surface area (Å²) >= 11 is 4.46. The van der Waals surface area contributed by atoms with Gasteiger partial charge in [-0.15, -0.1) is 0 Å². The molecule has 2 rings (SSSR count). The van der Waals surface area contributed by atoms with Crippen LogP contribution in [0.5, 0.6) is 0 Å². The molecule has 1 unspecified atom stereocenters. The van der Waals surface area contributed by atoms with E-state index < -0.39 is 0 Å². The minimum atomic E-state index is 0.368. The van der Waals surface area contributed by atoms with Gasteiger partial charge in [0.15, 0.2) is 0 Å². The highest BCUT2D eigenvalue weighted by atomic mass is 32.1. The van der Waals surface area contributed by atoms with Crippen molar-refractivity contribution < 1.29 is 0 Å². The standard InChI is InChI=1S/C9H11NS/c1-10-8-5-3-2-4-7(8)6-9(10)11/h2-5,9,11H,6H2,1H3. The molecule has 1 aromatic rings. The predicted molar refractivity (Wildman–Crippen MR) is 51.3 cm³/mol. The fourth-order valence-electron chi connectivity index (χ4n) is 1.52. The molecular formula is C9H11NS. The van der Waals surface area contributed by atoms with Gasteiger partial charge in [-0.05, 0) is 11.6 Å². The largest absolute Gasteiger partial charge is 0.362 e. The Balaban J connectivity index is 2.47. The van der Waals surface area contributed by atoms with E-state index >= 15 is 0 Å². The monoisotopic (exact) mass is 165 g/mol. The molecule has 0 N–H and O–H groups in total. The van der Waals surface area contributed by atoms with Gasteiger partial charge in [0.2, 0.25) is 0 Å². The van der Waals surface area contributed by atoms with Crippen molar-refractivity contribution in [2.75, 3.05) is 11.9 Å². The van der Waals surface area contributed by atoms with Gasteiger partial charge in [0.05, 0.1) is 5.37 Å². The van der Waals surface area contributed by atoms with E-state index in [0.29, 0.717) is 5.37 Å². The van der Waals surface area contributed by atoms with Crippen LogP contribution in [-0.4, -0.2) is 12.4 Å². The number of benzene rings is 1. The van der Waals surface area contributed by atoms with Crippen molar-refractivity contribution >= 4 is 18.3 Å². The number of hydrogen-bond donors (Lipinski definition) is 1.